The highest BCUT2D eigenvalue weighted by atomic mass is 32.1. The van der Waals surface area contributed by atoms with Crippen LogP contribution in [0.5, 0.6) is 0 Å². The molecule has 0 radical (unpaired) electrons. The van der Waals surface area contributed by atoms with Crippen molar-refractivity contribution >= 4 is 23.1 Å². The predicted octanol–water partition coefficient (Wildman–Crippen LogP) is 5.29. The van der Waals surface area contributed by atoms with Crippen LogP contribution in [0.25, 0.3) is 0 Å². The number of nitrogens with two attached hydrogens (primary N) is 1. The Morgan fingerprint density at radius 3 is 2.55 bits per heavy atom. The number of hydrogen-bond acceptors (Lipinski definition) is 6. The molecular weight excluding hydrogens is 589 g/mol. The van der Waals surface area contributed by atoms with Gasteiger partial charge in [0.15, 0.2) is 5.11 Å². The van der Waals surface area contributed by atoms with Gasteiger partial charge in [0.25, 0.3) is 0 Å². The molecule has 0 aliphatic rings. The van der Waals surface area contributed by atoms with Crippen molar-refractivity contribution in [2.75, 3.05) is 20.3 Å². The summed E-state index contributed by atoms with van der Waals surface area (Å²) in [5.74, 6) is -0.819. The number of carbonyl (C=O) groups is 1. The van der Waals surface area contributed by atoms with E-state index in [-0.39, 0.29) is 35.3 Å². The number of aromatic nitrogens is 2. The van der Waals surface area contributed by atoms with Gasteiger partial charge in [-0.25, -0.2) is 4.98 Å². The average Bonchev–Trinajstić information content (AvgIpc) is 3.42. The molecule has 2 atom stereocenters. The van der Waals surface area contributed by atoms with Crippen LogP contribution in [0.4, 0.5) is 13.2 Å². The van der Waals surface area contributed by atoms with Crippen LogP contribution in [-0.2, 0) is 35.2 Å². The molecule has 1 aromatic heterocycles. The maximum atomic E-state index is 13.9. The molecule has 0 fully saturated rings. The van der Waals surface area contributed by atoms with E-state index in [1.54, 1.807) is 31.8 Å². The number of ketones is 1. The Kier molecular flexibility index (Phi) is 12.9. The van der Waals surface area contributed by atoms with E-state index in [1.807, 2.05) is 30.5 Å². The number of thiocarbonyl (C=S) groups is 1. The molecule has 0 saturated heterocycles. The molecule has 12 heteroatoms. The van der Waals surface area contributed by atoms with E-state index in [1.165, 1.54) is 23.1 Å². The molecule has 3 aromatic rings. The van der Waals surface area contributed by atoms with Crippen molar-refractivity contribution in [2.45, 2.75) is 58.5 Å². The summed E-state index contributed by atoms with van der Waals surface area (Å²) in [5, 5.41) is 12.3. The fraction of sp³-hybridized carbons (Fsp3) is 0.438. The minimum Gasteiger partial charge on any atom is -0.385 e. The second kappa shape index (κ2) is 16.3. The summed E-state index contributed by atoms with van der Waals surface area (Å²) in [6, 6.07) is 14.5. The van der Waals surface area contributed by atoms with Crippen LogP contribution in [0.15, 0.2) is 61.1 Å². The summed E-state index contributed by atoms with van der Waals surface area (Å²) in [4.78, 5) is 19.7. The Morgan fingerprint density at radius 2 is 1.91 bits per heavy atom. The smallest absolute Gasteiger partial charge is 0.385 e. The molecule has 0 saturated carbocycles. The van der Waals surface area contributed by atoms with E-state index in [4.69, 9.17) is 28.0 Å². The number of nitrogens with one attached hydrogen (secondary N) is 1. The first-order valence-corrected chi connectivity index (χ1v) is 14.8. The molecule has 1 heterocycles. The van der Waals surface area contributed by atoms with Crippen LogP contribution < -0.4 is 11.1 Å². The summed E-state index contributed by atoms with van der Waals surface area (Å²) in [6.07, 6.45) is -1.24. The van der Waals surface area contributed by atoms with Gasteiger partial charge in [-0.2, -0.15) is 18.4 Å². The molecule has 2 aromatic carbocycles. The van der Waals surface area contributed by atoms with Crippen LogP contribution in [0, 0.1) is 23.2 Å². The summed E-state index contributed by atoms with van der Waals surface area (Å²) >= 11 is 5.65. The van der Waals surface area contributed by atoms with Gasteiger partial charge in [-0.05, 0) is 60.3 Å². The number of methoxy groups -OCH3 is 1. The lowest BCUT2D eigenvalue weighted by Crippen LogP contribution is -2.55. The minimum absolute atomic E-state index is 0.00716. The zero-order chi connectivity index (χ0) is 32.3. The molecule has 1 unspecified atom stereocenters. The fourth-order valence-electron chi connectivity index (χ4n) is 4.96. The zero-order valence-corrected chi connectivity index (χ0v) is 26.0. The SMILES string of the molecule is COCCCNC(=S)N(Cc1ccccc1C(F)(F)F)C(N)[C@H](CC(C)C)C(=O)Cc1cncn1Cc1ccc(C#N)cc1. The van der Waals surface area contributed by atoms with Crippen LogP contribution >= 0.6 is 12.2 Å². The van der Waals surface area contributed by atoms with Gasteiger partial charge in [0.1, 0.15) is 5.78 Å². The van der Waals surface area contributed by atoms with E-state index in [0.717, 1.165) is 11.6 Å². The summed E-state index contributed by atoms with van der Waals surface area (Å²) in [5.41, 5.74) is 8.18. The normalized spacial score (nSPS) is 12.9. The first-order valence-electron chi connectivity index (χ1n) is 14.4. The molecule has 0 aliphatic heterocycles. The largest absolute Gasteiger partial charge is 0.416 e. The van der Waals surface area contributed by atoms with Crippen molar-refractivity contribution in [3.05, 3.63) is 89.0 Å². The molecule has 44 heavy (non-hydrogen) atoms. The van der Waals surface area contributed by atoms with E-state index in [9.17, 15) is 18.0 Å². The first-order chi connectivity index (χ1) is 20.9. The number of nitrogens with zero attached hydrogens (tertiary/aromatic N) is 4. The Hall–Kier alpha value is -3.79. The fourth-order valence-corrected chi connectivity index (χ4v) is 5.25. The van der Waals surface area contributed by atoms with Crippen molar-refractivity contribution in [1.82, 2.24) is 19.8 Å². The van der Waals surface area contributed by atoms with Gasteiger partial charge >= 0.3 is 6.18 Å². The zero-order valence-electron chi connectivity index (χ0n) is 25.2. The minimum atomic E-state index is -4.57. The Labute approximate surface area is 262 Å². The summed E-state index contributed by atoms with van der Waals surface area (Å²) in [6.45, 7) is 5.05. The Morgan fingerprint density at radius 1 is 1.20 bits per heavy atom. The van der Waals surface area contributed by atoms with Crippen molar-refractivity contribution in [2.24, 2.45) is 17.6 Å². The number of halogens is 3. The lowest BCUT2D eigenvalue weighted by Gasteiger charge is -2.37. The lowest BCUT2D eigenvalue weighted by molar-refractivity contribution is -0.138. The predicted molar refractivity (Wildman–Crippen MR) is 166 cm³/mol. The standard InChI is InChI=1S/C32H39F3N6O2S/c1-22(2)15-27(29(42)16-26-18-38-21-40(26)19-24-11-9-23(17-36)10-12-24)30(37)41(31(44)39-13-6-14-43-3)20-25-7-4-5-8-28(25)32(33,34)35/h4-5,7-12,18,21-22,27,30H,6,13-16,19-20,37H2,1-3H3,(H,39,44)/t27-,30?/m1/s1. The molecule has 0 amide bonds. The van der Waals surface area contributed by atoms with Gasteiger partial charge in [-0.3, -0.25) is 4.79 Å². The summed E-state index contributed by atoms with van der Waals surface area (Å²) < 4.78 is 48.7. The van der Waals surface area contributed by atoms with Gasteiger partial charge < -0.3 is 25.3 Å². The molecule has 236 valence electrons. The number of rotatable bonds is 15. The van der Waals surface area contributed by atoms with Crippen LogP contribution in [0.3, 0.4) is 0 Å². The Bertz CT molecular complexity index is 1420. The van der Waals surface area contributed by atoms with Crippen LogP contribution in [0.2, 0.25) is 0 Å². The number of ether oxygens (including phenoxy) is 1. The van der Waals surface area contributed by atoms with Crippen molar-refractivity contribution in [1.29, 1.82) is 5.26 Å². The van der Waals surface area contributed by atoms with Crippen LogP contribution in [-0.4, -0.2) is 51.8 Å². The number of nitriles is 1. The maximum absolute atomic E-state index is 13.9. The third-order valence-corrected chi connectivity index (χ3v) is 7.61. The summed E-state index contributed by atoms with van der Waals surface area (Å²) in [7, 11) is 1.58. The highest BCUT2D eigenvalue weighted by Crippen LogP contribution is 2.33. The van der Waals surface area contributed by atoms with Crippen molar-refractivity contribution in [3.63, 3.8) is 0 Å². The monoisotopic (exact) mass is 628 g/mol. The van der Waals surface area contributed by atoms with Crippen LogP contribution in [0.1, 0.15) is 54.6 Å². The lowest BCUT2D eigenvalue weighted by atomic mass is 9.88. The highest BCUT2D eigenvalue weighted by molar-refractivity contribution is 7.80. The molecular formula is C32H39F3N6O2S. The molecule has 0 bridgehead atoms. The van der Waals surface area contributed by atoms with E-state index < -0.39 is 23.8 Å². The number of carbonyl (C=O) groups excluding carboxylic acids is 1. The van der Waals surface area contributed by atoms with Gasteiger partial charge in [0.05, 0.1) is 35.6 Å². The van der Waals surface area contributed by atoms with Gasteiger partial charge in [-0.15, -0.1) is 0 Å². The van der Waals surface area contributed by atoms with Crippen molar-refractivity contribution in [3.8, 4) is 6.07 Å². The number of Topliss-reactive ketones (excluding diaryl/α,β-unsaturated/α-hetero) is 1. The number of hydrogen-bond donors (Lipinski definition) is 2. The maximum Gasteiger partial charge on any atom is 0.416 e. The second-order valence-electron chi connectivity index (χ2n) is 11.1. The second-order valence-corrected chi connectivity index (χ2v) is 11.4. The molecule has 3 N–H and O–H groups in total. The molecule has 0 spiro atoms. The van der Waals surface area contributed by atoms with E-state index in [0.29, 0.717) is 43.8 Å². The van der Waals surface area contributed by atoms with Gasteiger partial charge in [0.2, 0.25) is 0 Å². The topological polar surface area (TPSA) is 109 Å². The van der Waals surface area contributed by atoms with Gasteiger partial charge in [-0.1, -0.05) is 44.2 Å². The third kappa shape index (κ3) is 9.87. The quantitative estimate of drug-likeness (QED) is 0.133. The number of alkyl halides is 3. The highest BCUT2D eigenvalue weighted by Gasteiger charge is 2.36. The van der Waals surface area contributed by atoms with Gasteiger partial charge in [0, 0.05) is 51.7 Å². The van der Waals surface area contributed by atoms with E-state index in [2.05, 4.69) is 16.4 Å². The Balaban J connectivity index is 1.89. The number of benzene rings is 2. The van der Waals surface area contributed by atoms with E-state index >= 15 is 0 Å². The molecule has 8 nitrogen and oxygen atoms in total. The van der Waals surface area contributed by atoms with Crippen molar-refractivity contribution < 1.29 is 22.7 Å². The average molecular weight is 629 g/mol. The number of imidazole rings is 1. The molecule has 0 aliphatic carbocycles. The molecule has 3 rings (SSSR count). The first kappa shape index (κ1) is 34.7. The third-order valence-electron chi connectivity index (χ3n) is 7.23.